The molecule has 0 bridgehead atoms. The predicted molar refractivity (Wildman–Crippen MR) is 120 cm³/mol. The lowest BCUT2D eigenvalue weighted by Crippen LogP contribution is -2.43. The summed E-state index contributed by atoms with van der Waals surface area (Å²) in [6.07, 6.45) is 7.36. The highest BCUT2D eigenvalue weighted by atomic mass is 32.1. The Hall–Kier alpha value is -3.06. The lowest BCUT2D eigenvalue weighted by atomic mass is 9.92. The molecule has 7 nitrogen and oxygen atoms in total. The molecule has 1 fully saturated rings. The fraction of sp³-hybridized carbons (Fsp3) is 0.348. The first-order valence-corrected chi connectivity index (χ1v) is 11.2. The van der Waals surface area contributed by atoms with E-state index in [9.17, 15) is 9.18 Å². The van der Waals surface area contributed by atoms with E-state index in [0.29, 0.717) is 53.0 Å². The van der Waals surface area contributed by atoms with Gasteiger partial charge in [0.1, 0.15) is 11.9 Å². The molecule has 4 rings (SSSR count). The molecule has 0 spiro atoms. The maximum atomic E-state index is 13.9. The number of amidine groups is 1. The van der Waals surface area contributed by atoms with Crippen molar-refractivity contribution in [3.05, 3.63) is 63.0 Å². The summed E-state index contributed by atoms with van der Waals surface area (Å²) < 4.78 is 24.7. The average molecular weight is 455 g/mol. The number of halogens is 1. The van der Waals surface area contributed by atoms with Crippen LogP contribution in [-0.4, -0.2) is 61.1 Å². The van der Waals surface area contributed by atoms with Gasteiger partial charge >= 0.3 is 5.97 Å². The second kappa shape index (κ2) is 10.0. The van der Waals surface area contributed by atoms with E-state index >= 15 is 0 Å². The van der Waals surface area contributed by atoms with Crippen LogP contribution in [0.5, 0.6) is 0 Å². The van der Waals surface area contributed by atoms with E-state index in [1.54, 1.807) is 19.2 Å². The molecule has 32 heavy (non-hydrogen) atoms. The van der Waals surface area contributed by atoms with Crippen LogP contribution >= 0.6 is 11.3 Å². The van der Waals surface area contributed by atoms with Crippen LogP contribution in [0.15, 0.2) is 46.0 Å². The van der Waals surface area contributed by atoms with Crippen molar-refractivity contribution >= 4 is 23.1 Å². The van der Waals surface area contributed by atoms with E-state index in [-0.39, 0.29) is 6.61 Å². The molecule has 2 aliphatic rings. The molecule has 2 aliphatic heterocycles. The number of esters is 1. The van der Waals surface area contributed by atoms with Gasteiger partial charge in [-0.1, -0.05) is 12.0 Å². The molecule has 0 aliphatic carbocycles. The normalized spacial score (nSPS) is 19.2. The standard InChI is InChI=1S/C23H23FN4O3S/c1-3-15-13-16(24)5-6-17(15)20-19(23(29)31-4-2)18(14-28-8-10-30-11-9-28)26-21(27-20)22-25-7-12-32-22/h1,5-7,12-13,20H,4,8-11,14H2,2H3,(H,26,27)/t20-/m0/s1. The lowest BCUT2D eigenvalue weighted by molar-refractivity contribution is -0.139. The number of morpholine rings is 1. The van der Waals surface area contributed by atoms with E-state index in [1.807, 2.05) is 5.38 Å². The molecule has 1 aromatic heterocycles. The topological polar surface area (TPSA) is 76.0 Å². The van der Waals surface area contributed by atoms with Crippen LogP contribution in [0, 0.1) is 18.2 Å². The van der Waals surface area contributed by atoms with Crippen LogP contribution in [0.2, 0.25) is 0 Å². The van der Waals surface area contributed by atoms with Gasteiger partial charge < -0.3 is 14.8 Å². The van der Waals surface area contributed by atoms with Crippen molar-refractivity contribution in [2.45, 2.75) is 13.0 Å². The number of carbonyl (C=O) groups excluding carboxylic acids is 1. The summed E-state index contributed by atoms with van der Waals surface area (Å²) in [5.41, 5.74) is 1.93. The number of aliphatic imine (C=N–C) groups is 1. The van der Waals surface area contributed by atoms with Gasteiger partial charge in [0.2, 0.25) is 0 Å². The maximum absolute atomic E-state index is 13.9. The van der Waals surface area contributed by atoms with Crippen molar-refractivity contribution in [3.63, 3.8) is 0 Å². The summed E-state index contributed by atoms with van der Waals surface area (Å²) >= 11 is 1.43. The van der Waals surface area contributed by atoms with Crippen molar-refractivity contribution in [1.82, 2.24) is 15.2 Å². The molecule has 1 N–H and O–H groups in total. The SMILES string of the molecule is C#Cc1cc(F)ccc1[C@@H]1N=C(c2nccs2)NC(CN2CCOCC2)=C1C(=O)OCC. The number of nitrogens with zero attached hydrogens (tertiary/aromatic N) is 3. The highest BCUT2D eigenvalue weighted by Crippen LogP contribution is 2.35. The van der Waals surface area contributed by atoms with Crippen molar-refractivity contribution in [2.75, 3.05) is 39.5 Å². The molecule has 166 valence electrons. The number of aromatic nitrogens is 1. The summed E-state index contributed by atoms with van der Waals surface area (Å²) in [5, 5.41) is 5.84. The average Bonchev–Trinajstić information content (AvgIpc) is 3.34. The summed E-state index contributed by atoms with van der Waals surface area (Å²) in [4.78, 5) is 24.5. The number of rotatable bonds is 6. The Morgan fingerprint density at radius 3 is 2.94 bits per heavy atom. The summed E-state index contributed by atoms with van der Waals surface area (Å²) in [5.74, 6) is 2.13. The molecule has 0 radical (unpaired) electrons. The van der Waals surface area contributed by atoms with Gasteiger partial charge in [0.05, 0.1) is 25.4 Å². The van der Waals surface area contributed by atoms with E-state index in [0.717, 1.165) is 13.1 Å². The molecule has 9 heteroatoms. The minimum absolute atomic E-state index is 0.217. The molecular formula is C23H23FN4O3S. The van der Waals surface area contributed by atoms with Crippen LogP contribution in [0.4, 0.5) is 4.39 Å². The molecule has 1 aromatic carbocycles. The highest BCUT2D eigenvalue weighted by molar-refractivity contribution is 7.11. The summed E-state index contributed by atoms with van der Waals surface area (Å²) in [7, 11) is 0. The van der Waals surface area contributed by atoms with Gasteiger partial charge in [-0.05, 0) is 24.6 Å². The van der Waals surface area contributed by atoms with Gasteiger partial charge in [0.15, 0.2) is 10.8 Å². The Morgan fingerprint density at radius 2 is 2.25 bits per heavy atom. The van der Waals surface area contributed by atoms with Gasteiger partial charge in [-0.3, -0.25) is 9.89 Å². The molecule has 3 heterocycles. The Bertz CT molecular complexity index is 1090. The van der Waals surface area contributed by atoms with E-state index in [2.05, 4.69) is 21.1 Å². The number of carbonyl (C=O) groups is 1. The quantitative estimate of drug-likeness (QED) is 0.534. The van der Waals surface area contributed by atoms with Crippen LogP contribution in [-0.2, 0) is 14.3 Å². The smallest absolute Gasteiger partial charge is 0.338 e. The number of hydrogen-bond acceptors (Lipinski definition) is 8. The minimum Gasteiger partial charge on any atom is -0.463 e. The number of nitrogens with one attached hydrogen (secondary N) is 1. The number of terminal acetylenes is 1. The van der Waals surface area contributed by atoms with Crippen LogP contribution in [0.25, 0.3) is 0 Å². The van der Waals surface area contributed by atoms with Crippen molar-refractivity contribution in [2.24, 2.45) is 4.99 Å². The summed E-state index contributed by atoms with van der Waals surface area (Å²) in [6.45, 7) is 5.17. The first-order chi connectivity index (χ1) is 15.6. The van der Waals surface area contributed by atoms with E-state index < -0.39 is 17.8 Å². The highest BCUT2D eigenvalue weighted by Gasteiger charge is 2.34. The summed E-state index contributed by atoms with van der Waals surface area (Å²) in [6, 6.07) is 3.42. The molecule has 0 saturated carbocycles. The fourth-order valence-electron chi connectivity index (χ4n) is 3.72. The molecular weight excluding hydrogens is 431 g/mol. The van der Waals surface area contributed by atoms with Crippen LogP contribution < -0.4 is 5.32 Å². The predicted octanol–water partition coefficient (Wildman–Crippen LogP) is 2.50. The Kier molecular flexibility index (Phi) is 6.95. The Morgan fingerprint density at radius 1 is 1.44 bits per heavy atom. The monoisotopic (exact) mass is 454 g/mol. The lowest BCUT2D eigenvalue weighted by Gasteiger charge is -2.32. The van der Waals surface area contributed by atoms with Gasteiger partial charge in [0.25, 0.3) is 0 Å². The van der Waals surface area contributed by atoms with Crippen LogP contribution in [0.1, 0.15) is 29.1 Å². The first-order valence-electron chi connectivity index (χ1n) is 10.3. The molecule has 1 atom stereocenters. The zero-order valence-corrected chi connectivity index (χ0v) is 18.5. The van der Waals surface area contributed by atoms with Gasteiger partial charge in [-0.2, -0.15) is 0 Å². The number of thiazole rings is 1. The largest absolute Gasteiger partial charge is 0.463 e. The number of benzene rings is 1. The first kappa shape index (κ1) is 22.1. The van der Waals surface area contributed by atoms with E-state index in [4.69, 9.17) is 20.9 Å². The maximum Gasteiger partial charge on any atom is 0.338 e. The second-order valence-corrected chi connectivity index (χ2v) is 8.11. The van der Waals surface area contributed by atoms with Crippen LogP contribution in [0.3, 0.4) is 0 Å². The Labute approximate surface area is 190 Å². The van der Waals surface area contributed by atoms with Gasteiger partial charge in [0, 0.05) is 42.5 Å². The molecule has 2 aromatic rings. The van der Waals surface area contributed by atoms with Gasteiger partial charge in [-0.25, -0.2) is 14.2 Å². The second-order valence-electron chi connectivity index (χ2n) is 7.22. The Balaban J connectivity index is 1.84. The van der Waals surface area contributed by atoms with Crippen molar-refractivity contribution in [1.29, 1.82) is 0 Å². The third-order valence-electron chi connectivity index (χ3n) is 5.21. The third-order valence-corrected chi connectivity index (χ3v) is 5.99. The molecule has 1 saturated heterocycles. The van der Waals surface area contributed by atoms with Crippen molar-refractivity contribution in [3.8, 4) is 12.3 Å². The third kappa shape index (κ3) is 4.72. The number of hydrogen-bond donors (Lipinski definition) is 1. The van der Waals surface area contributed by atoms with E-state index in [1.165, 1.54) is 23.5 Å². The molecule has 0 unspecified atom stereocenters. The minimum atomic E-state index is -0.753. The molecule has 0 amide bonds. The zero-order chi connectivity index (χ0) is 22.5. The zero-order valence-electron chi connectivity index (χ0n) is 17.6. The fourth-order valence-corrected chi connectivity index (χ4v) is 4.31. The van der Waals surface area contributed by atoms with Crippen molar-refractivity contribution < 1.29 is 18.7 Å². The van der Waals surface area contributed by atoms with Gasteiger partial charge in [-0.15, -0.1) is 17.8 Å². The number of ether oxygens (including phenoxy) is 2.